The fourth-order valence-electron chi connectivity index (χ4n) is 4.64. The van der Waals surface area contributed by atoms with Gasteiger partial charge in [0.15, 0.2) is 44.3 Å². The molecule has 4 aromatic carbocycles. The molecule has 4 aromatic rings. The average Bonchev–Trinajstić information content (AvgIpc) is 3.21. The van der Waals surface area contributed by atoms with Crippen LogP contribution in [0.3, 0.4) is 0 Å². The number of phenols is 1. The molecule has 0 spiro atoms. The molecule has 0 atom stereocenters. The van der Waals surface area contributed by atoms with Crippen molar-refractivity contribution in [3.63, 3.8) is 0 Å². The van der Waals surface area contributed by atoms with Gasteiger partial charge in [0.25, 0.3) is 20.2 Å². The van der Waals surface area contributed by atoms with Crippen LogP contribution in [0, 0.1) is 0 Å². The smallest absolute Gasteiger partial charge is 0.296 e. The number of hydrogen-bond donors (Lipinski definition) is 7. The van der Waals surface area contributed by atoms with Crippen molar-refractivity contribution in [1.82, 2.24) is 0 Å². The number of nitrogen functional groups attached to an aromatic ring is 1. The van der Waals surface area contributed by atoms with Crippen LogP contribution in [0.2, 0.25) is 0 Å². The molecule has 0 aliphatic rings. The number of amides is 1. The normalized spacial score (nSPS) is 12.8. The number of nitrogens with zero attached hydrogens (tertiary/aromatic N) is 6. The van der Waals surface area contributed by atoms with E-state index in [1.165, 1.54) is 24.3 Å². The number of hydrogen-bond acceptors (Lipinski definition) is 27. The summed E-state index contributed by atoms with van der Waals surface area (Å²) in [6.07, 6.45) is 0. The Morgan fingerprint density at radius 1 is 0.625 bits per heavy atom. The molecule has 4 rings (SSSR count). The first-order valence-corrected chi connectivity index (χ1v) is 24.1. The quantitative estimate of drug-likeness (QED) is 0.00824. The number of phenolic OH excluding ortho intramolecular Hbond substituents is 1. The maximum absolute atomic E-state index is 12.7. The molecule has 8 N–H and O–H groups in total. The minimum absolute atomic E-state index is 0.0518. The molecule has 34 heteroatoms. The summed E-state index contributed by atoms with van der Waals surface area (Å²) < 4.78 is 137. The number of aromatic hydroxyl groups is 1. The van der Waals surface area contributed by atoms with Crippen LogP contribution in [0.4, 0.5) is 45.5 Å². The Morgan fingerprint density at radius 2 is 1.12 bits per heavy atom. The lowest BCUT2D eigenvalue weighted by molar-refractivity contribution is -0.434. The molecule has 0 saturated carbocycles. The van der Waals surface area contributed by atoms with Gasteiger partial charge < -0.3 is 16.2 Å². The number of nitrogens with one attached hydrogen (secondary N) is 1. The molecule has 0 heterocycles. The van der Waals surface area contributed by atoms with E-state index in [2.05, 4.69) is 54.7 Å². The minimum Gasteiger partial charge on any atom is -0.506 e. The first-order chi connectivity index (χ1) is 30.1. The topological polar surface area (TPSA) is 422 Å². The second-order valence-corrected chi connectivity index (χ2v) is 19.8. The number of sulfone groups is 2. The molecule has 0 fully saturated rings. The zero-order valence-corrected chi connectivity index (χ0v) is 36.6. The summed E-state index contributed by atoms with van der Waals surface area (Å²) in [5, 5.41) is 58.7. The summed E-state index contributed by atoms with van der Waals surface area (Å²) in [6.45, 7) is 0.237. The fraction of sp³-hybridized carbons (Fsp3) is 0.167. The predicted molar refractivity (Wildman–Crippen MR) is 219 cm³/mol. The van der Waals surface area contributed by atoms with Gasteiger partial charge in [0.2, 0.25) is 5.91 Å². The third-order valence-corrected chi connectivity index (χ3v) is 13.3. The number of azo groups is 3. The lowest BCUT2D eigenvalue weighted by Gasteiger charge is -2.10. The van der Waals surface area contributed by atoms with Gasteiger partial charge in [-0.25, -0.2) is 27.4 Å². The van der Waals surface area contributed by atoms with Crippen molar-refractivity contribution < 1.29 is 90.3 Å². The van der Waals surface area contributed by atoms with Crippen LogP contribution in [0.15, 0.2) is 117 Å². The molecule has 0 aliphatic carbocycles. The van der Waals surface area contributed by atoms with E-state index >= 15 is 0 Å². The third kappa shape index (κ3) is 15.0. The van der Waals surface area contributed by atoms with E-state index in [4.69, 9.17) is 24.6 Å². The molecule has 1 amide bonds. The van der Waals surface area contributed by atoms with Gasteiger partial charge in [-0.05, 0) is 60.7 Å². The van der Waals surface area contributed by atoms with Gasteiger partial charge in [0.05, 0.1) is 51.6 Å². The van der Waals surface area contributed by atoms with Gasteiger partial charge >= 0.3 is 0 Å². The van der Waals surface area contributed by atoms with E-state index in [9.17, 15) is 52.7 Å². The molecular formula is C30H30N8O20S6. The standard InChI is InChI=1S/C30H30N8O20S6/c1-17(39)32-24-15-27(30(64(50,51)52)16-25(24)36-33-18-2-4-19(5-3-18)61(43,44)10-8-53-59-57-55-41)38-37-26-14-23(21(31)13-28(26)40)35-34-22-7-6-20(12-29(22)63(47,48)49)62(45,46)11-9-54-60-58-56-42/h2-7,12-16,40-42H,8-11,31H2,1H3,(H,32,39)(H,47,48,49)(H,50,51,52). The number of carbonyl (C=O) groups is 1. The van der Waals surface area contributed by atoms with Crippen LogP contribution >= 0.6 is 24.6 Å². The van der Waals surface area contributed by atoms with Crippen molar-refractivity contribution >= 4 is 116 Å². The van der Waals surface area contributed by atoms with Crippen LogP contribution in [-0.4, -0.2) is 89.0 Å². The molecule has 0 aliphatic heterocycles. The SMILES string of the molecule is CC(=O)Nc1cc(N=Nc2cc(N=Nc3ccc(S(=O)(=O)CCOSOOO)cc3S(=O)(=O)O)c(N)cc2O)c(S(=O)(=O)O)cc1N=Nc1ccc(S(=O)(=O)CCOSOOO)cc1. The van der Waals surface area contributed by atoms with Crippen LogP contribution < -0.4 is 11.1 Å². The molecule has 346 valence electrons. The Bertz CT molecular complexity index is 2890. The molecule has 0 aromatic heterocycles. The van der Waals surface area contributed by atoms with E-state index in [1.54, 1.807) is 0 Å². The summed E-state index contributed by atoms with van der Waals surface area (Å²) in [5.41, 5.74) is 3.15. The van der Waals surface area contributed by atoms with Crippen molar-refractivity contribution in [2.24, 2.45) is 30.7 Å². The molecule has 28 nitrogen and oxygen atoms in total. The number of nitrogens with two attached hydrogens (primary N) is 1. The third-order valence-electron chi connectivity index (χ3n) is 7.44. The maximum Gasteiger partial charge on any atom is 0.296 e. The number of carbonyl (C=O) groups excluding carboxylic acids is 1. The Labute approximate surface area is 370 Å². The van der Waals surface area contributed by atoms with Crippen molar-refractivity contribution in [2.45, 2.75) is 26.5 Å². The zero-order valence-electron chi connectivity index (χ0n) is 31.7. The summed E-state index contributed by atoms with van der Waals surface area (Å²) in [4.78, 5) is 9.46. The largest absolute Gasteiger partial charge is 0.506 e. The Balaban J connectivity index is 1.66. The molecule has 0 unspecified atom stereocenters. The van der Waals surface area contributed by atoms with E-state index in [0.717, 1.165) is 43.3 Å². The van der Waals surface area contributed by atoms with Crippen molar-refractivity contribution in [1.29, 1.82) is 0 Å². The summed E-state index contributed by atoms with van der Waals surface area (Å²) >= 11 is 0.295. The number of rotatable bonds is 23. The second-order valence-electron chi connectivity index (χ2n) is 11.8. The molecule has 0 bridgehead atoms. The van der Waals surface area contributed by atoms with Crippen molar-refractivity contribution in [3.8, 4) is 5.75 Å². The Morgan fingerprint density at radius 3 is 1.69 bits per heavy atom. The molecular weight excluding hydrogens is 985 g/mol. The van der Waals surface area contributed by atoms with Crippen LogP contribution in [0.25, 0.3) is 0 Å². The van der Waals surface area contributed by atoms with Crippen LogP contribution in [0.1, 0.15) is 6.92 Å². The highest BCUT2D eigenvalue weighted by atomic mass is 32.2. The fourth-order valence-corrected chi connectivity index (χ4v) is 8.83. The van der Waals surface area contributed by atoms with Gasteiger partial charge in [0.1, 0.15) is 44.0 Å². The van der Waals surface area contributed by atoms with Crippen molar-refractivity contribution in [2.75, 3.05) is 35.8 Å². The monoisotopic (exact) mass is 1010 g/mol. The highest BCUT2D eigenvalue weighted by Gasteiger charge is 2.24. The van der Waals surface area contributed by atoms with E-state index in [-0.39, 0.29) is 64.6 Å². The van der Waals surface area contributed by atoms with Crippen LogP contribution in [0.5, 0.6) is 5.75 Å². The summed E-state index contributed by atoms with van der Waals surface area (Å²) in [7, 11) is -18.4. The first-order valence-electron chi connectivity index (χ1n) is 16.6. The van der Waals surface area contributed by atoms with E-state index in [1.807, 2.05) is 0 Å². The van der Waals surface area contributed by atoms with Gasteiger partial charge in [0, 0.05) is 13.0 Å². The van der Waals surface area contributed by atoms with Gasteiger partial charge in [-0.2, -0.15) is 21.9 Å². The highest BCUT2D eigenvalue weighted by molar-refractivity contribution is 7.92. The molecule has 64 heavy (non-hydrogen) atoms. The first kappa shape index (κ1) is 51.5. The lowest BCUT2D eigenvalue weighted by Crippen LogP contribution is -2.12. The number of anilines is 2. The van der Waals surface area contributed by atoms with E-state index in [0.29, 0.717) is 6.07 Å². The van der Waals surface area contributed by atoms with Gasteiger partial charge in [-0.15, -0.1) is 34.2 Å². The summed E-state index contributed by atoms with van der Waals surface area (Å²) in [5.74, 6) is -2.56. The van der Waals surface area contributed by atoms with Crippen LogP contribution in [-0.2, 0) is 71.8 Å². The summed E-state index contributed by atoms with van der Waals surface area (Å²) in [6, 6.07) is 10.8. The minimum atomic E-state index is -5.15. The molecule has 0 saturated heterocycles. The van der Waals surface area contributed by atoms with Gasteiger partial charge in [-0.3, -0.25) is 22.3 Å². The predicted octanol–water partition coefficient (Wildman–Crippen LogP) is 6.22. The molecule has 0 radical (unpaired) electrons. The average molecular weight is 1020 g/mol. The van der Waals surface area contributed by atoms with Gasteiger partial charge in [-0.1, -0.05) is 10.1 Å². The maximum atomic E-state index is 12.7. The lowest BCUT2D eigenvalue weighted by atomic mass is 10.2. The van der Waals surface area contributed by atoms with E-state index < -0.39 is 101 Å². The Hall–Kier alpha value is -5.15. The second kappa shape index (κ2) is 22.7. The Kier molecular flexibility index (Phi) is 18.2. The highest BCUT2D eigenvalue weighted by Crippen LogP contribution is 2.41. The number of benzene rings is 4. The zero-order chi connectivity index (χ0) is 47.3. The van der Waals surface area contributed by atoms with Crippen molar-refractivity contribution in [3.05, 3.63) is 66.7 Å².